The highest BCUT2D eigenvalue weighted by atomic mass is 16.3. The third-order valence-corrected chi connectivity index (χ3v) is 4.13. The molecule has 6 heteroatoms. The molecule has 6 nitrogen and oxygen atoms in total. The Kier molecular flexibility index (Phi) is 2.99. The molecule has 0 atom stereocenters. The van der Waals surface area contributed by atoms with Crippen molar-refractivity contribution < 1.29 is 5.11 Å². The van der Waals surface area contributed by atoms with Gasteiger partial charge in [0.15, 0.2) is 0 Å². The molecule has 0 fully saturated rings. The minimum Gasteiger partial charge on any atom is -0.506 e. The van der Waals surface area contributed by atoms with Crippen molar-refractivity contribution in [2.24, 2.45) is 7.05 Å². The molecule has 2 heterocycles. The third-order valence-electron chi connectivity index (χ3n) is 4.13. The van der Waals surface area contributed by atoms with Gasteiger partial charge in [-0.15, -0.1) is 0 Å². The summed E-state index contributed by atoms with van der Waals surface area (Å²) in [5, 5.41) is 11.5. The monoisotopic (exact) mass is 319 g/mol. The maximum atomic E-state index is 12.7. The molecule has 2 aromatic heterocycles. The number of aromatic amines is 1. The van der Waals surface area contributed by atoms with Gasteiger partial charge in [0, 0.05) is 12.4 Å². The lowest BCUT2D eigenvalue weighted by Crippen LogP contribution is -2.21. The van der Waals surface area contributed by atoms with Gasteiger partial charge in [-0.1, -0.05) is 24.3 Å². The van der Waals surface area contributed by atoms with Gasteiger partial charge in [-0.25, -0.2) is 4.98 Å². The zero-order chi connectivity index (χ0) is 16.8. The molecule has 4 rings (SSSR count). The summed E-state index contributed by atoms with van der Waals surface area (Å²) in [7, 11) is 1.62. The van der Waals surface area contributed by atoms with Gasteiger partial charge in [0.05, 0.1) is 16.4 Å². The van der Waals surface area contributed by atoms with E-state index in [-0.39, 0.29) is 22.7 Å². The van der Waals surface area contributed by atoms with Crippen LogP contribution >= 0.6 is 0 Å². The summed E-state index contributed by atoms with van der Waals surface area (Å²) in [4.78, 5) is 31.9. The second-order valence-corrected chi connectivity index (χ2v) is 5.54. The molecule has 0 spiro atoms. The number of nitrogens with one attached hydrogen (secondary N) is 1. The summed E-state index contributed by atoms with van der Waals surface area (Å²) in [6, 6.07) is 13.9. The van der Waals surface area contributed by atoms with E-state index >= 15 is 0 Å². The van der Waals surface area contributed by atoms with Crippen molar-refractivity contribution in [1.82, 2.24) is 14.5 Å². The minimum atomic E-state index is -0.426. The van der Waals surface area contributed by atoms with Gasteiger partial charge in [-0.05, 0) is 24.3 Å². The second kappa shape index (κ2) is 5.06. The van der Waals surface area contributed by atoms with Crippen molar-refractivity contribution in [3.63, 3.8) is 0 Å². The van der Waals surface area contributed by atoms with Crippen LogP contribution < -0.4 is 11.1 Å². The Bertz CT molecular complexity index is 1220. The molecule has 0 amide bonds. The number of aromatic hydroxyl groups is 1. The zero-order valence-electron chi connectivity index (χ0n) is 12.8. The number of aromatic nitrogens is 3. The van der Waals surface area contributed by atoms with Gasteiger partial charge >= 0.3 is 0 Å². The van der Waals surface area contributed by atoms with Crippen LogP contribution in [0.5, 0.6) is 5.75 Å². The van der Waals surface area contributed by atoms with E-state index in [4.69, 9.17) is 0 Å². The van der Waals surface area contributed by atoms with Gasteiger partial charge in [-0.2, -0.15) is 0 Å². The second-order valence-electron chi connectivity index (χ2n) is 5.54. The molecule has 4 aromatic rings. The molecule has 2 aromatic carbocycles. The molecule has 118 valence electrons. The van der Waals surface area contributed by atoms with Gasteiger partial charge in [0.1, 0.15) is 17.1 Å². The van der Waals surface area contributed by atoms with Gasteiger partial charge < -0.3 is 14.7 Å². The highest BCUT2D eigenvalue weighted by molar-refractivity contribution is 5.91. The van der Waals surface area contributed by atoms with Crippen molar-refractivity contribution in [3.05, 3.63) is 69.2 Å². The standard InChI is InChI=1S/C18H13N3O3/c1-21-13-9-5-3-7-11(13)15(22)14(18(21)24)16-19-12-8-4-2-6-10(12)17(23)20-16/h2-9,22H,1H3,(H,19,20,23). The van der Waals surface area contributed by atoms with Crippen molar-refractivity contribution in [3.8, 4) is 17.1 Å². The van der Waals surface area contributed by atoms with E-state index in [1.165, 1.54) is 4.57 Å². The molecule has 0 bridgehead atoms. The summed E-state index contributed by atoms with van der Waals surface area (Å²) in [6.07, 6.45) is 0. The van der Waals surface area contributed by atoms with Gasteiger partial charge in [-0.3, -0.25) is 9.59 Å². The predicted octanol–water partition coefficient (Wildman–Crippen LogP) is 2.15. The number of hydrogen-bond acceptors (Lipinski definition) is 4. The van der Waals surface area contributed by atoms with Crippen LogP contribution in [0.1, 0.15) is 0 Å². The van der Waals surface area contributed by atoms with Crippen LogP contribution in [0.2, 0.25) is 0 Å². The van der Waals surface area contributed by atoms with Crippen molar-refractivity contribution in [2.75, 3.05) is 0 Å². The molecule has 0 radical (unpaired) electrons. The van der Waals surface area contributed by atoms with Crippen molar-refractivity contribution in [1.29, 1.82) is 0 Å². The predicted molar refractivity (Wildman–Crippen MR) is 92.2 cm³/mol. The first-order valence-electron chi connectivity index (χ1n) is 7.38. The van der Waals surface area contributed by atoms with E-state index in [2.05, 4.69) is 9.97 Å². The maximum absolute atomic E-state index is 12.7. The molecule has 0 saturated carbocycles. The summed E-state index contributed by atoms with van der Waals surface area (Å²) < 4.78 is 1.43. The van der Waals surface area contributed by atoms with Crippen LogP contribution in [0.25, 0.3) is 33.2 Å². The molecule has 0 aliphatic heterocycles. The fourth-order valence-electron chi connectivity index (χ4n) is 2.90. The average Bonchev–Trinajstić information content (AvgIpc) is 2.60. The molecular weight excluding hydrogens is 306 g/mol. The minimum absolute atomic E-state index is 0.0148. The summed E-state index contributed by atoms with van der Waals surface area (Å²) in [5.74, 6) is -0.130. The first-order chi connectivity index (χ1) is 11.6. The van der Waals surface area contributed by atoms with E-state index in [0.29, 0.717) is 21.8 Å². The molecule has 0 aliphatic rings. The van der Waals surface area contributed by atoms with Crippen LogP contribution in [0.4, 0.5) is 0 Å². The normalized spacial score (nSPS) is 11.2. The number of H-pyrrole nitrogens is 1. The Morgan fingerprint density at radius 1 is 1.00 bits per heavy atom. The van der Waals surface area contributed by atoms with Gasteiger partial charge in [0.25, 0.3) is 11.1 Å². The fraction of sp³-hybridized carbons (Fsp3) is 0.0556. The molecule has 2 N–H and O–H groups in total. The van der Waals surface area contributed by atoms with E-state index in [9.17, 15) is 14.7 Å². The Labute approximate surface area is 135 Å². The van der Waals surface area contributed by atoms with E-state index in [0.717, 1.165) is 0 Å². The molecular formula is C18H13N3O3. The molecule has 0 unspecified atom stereocenters. The Balaban J connectivity index is 2.15. The smallest absolute Gasteiger partial charge is 0.265 e. The number of hydrogen-bond donors (Lipinski definition) is 2. The SMILES string of the molecule is Cn1c(=O)c(-c2nc3ccccc3c(=O)[nH]2)c(O)c2ccccc21. The van der Waals surface area contributed by atoms with Crippen LogP contribution in [0.3, 0.4) is 0 Å². The summed E-state index contributed by atoms with van der Waals surface area (Å²) >= 11 is 0. The number of rotatable bonds is 1. The molecule has 24 heavy (non-hydrogen) atoms. The Hall–Kier alpha value is -3.41. The summed E-state index contributed by atoms with van der Waals surface area (Å²) in [6.45, 7) is 0. The first-order valence-corrected chi connectivity index (χ1v) is 7.38. The van der Waals surface area contributed by atoms with E-state index in [1.54, 1.807) is 55.6 Å². The lowest BCUT2D eigenvalue weighted by molar-refractivity contribution is 0.481. The molecule has 0 saturated heterocycles. The lowest BCUT2D eigenvalue weighted by Gasteiger charge is -2.11. The Morgan fingerprint density at radius 2 is 1.67 bits per heavy atom. The zero-order valence-corrected chi connectivity index (χ0v) is 12.8. The van der Waals surface area contributed by atoms with Gasteiger partial charge in [0.2, 0.25) is 0 Å². The number of para-hydroxylation sites is 2. The van der Waals surface area contributed by atoms with Crippen LogP contribution in [-0.2, 0) is 7.05 Å². The number of aryl methyl sites for hydroxylation is 1. The highest BCUT2D eigenvalue weighted by Crippen LogP contribution is 2.30. The third kappa shape index (κ3) is 1.93. The average molecular weight is 319 g/mol. The Morgan fingerprint density at radius 3 is 2.46 bits per heavy atom. The van der Waals surface area contributed by atoms with Crippen LogP contribution in [0, 0.1) is 0 Å². The van der Waals surface area contributed by atoms with Crippen molar-refractivity contribution >= 4 is 21.8 Å². The number of nitrogens with zero attached hydrogens (tertiary/aromatic N) is 2. The number of benzene rings is 2. The quantitative estimate of drug-likeness (QED) is 0.563. The molecule has 0 aliphatic carbocycles. The fourth-order valence-corrected chi connectivity index (χ4v) is 2.90. The number of pyridine rings is 1. The largest absolute Gasteiger partial charge is 0.506 e. The topological polar surface area (TPSA) is 88.0 Å². The first kappa shape index (κ1) is 14.2. The van der Waals surface area contributed by atoms with Crippen LogP contribution in [-0.4, -0.2) is 19.6 Å². The maximum Gasteiger partial charge on any atom is 0.265 e. The lowest BCUT2D eigenvalue weighted by atomic mass is 10.1. The van der Waals surface area contributed by atoms with E-state index in [1.807, 2.05) is 0 Å². The van der Waals surface area contributed by atoms with Crippen molar-refractivity contribution in [2.45, 2.75) is 0 Å². The van der Waals surface area contributed by atoms with Crippen LogP contribution in [0.15, 0.2) is 58.1 Å². The number of fused-ring (bicyclic) bond motifs is 2. The highest BCUT2D eigenvalue weighted by Gasteiger charge is 2.18. The van der Waals surface area contributed by atoms with E-state index < -0.39 is 5.56 Å². The summed E-state index contributed by atoms with van der Waals surface area (Å²) in [5.41, 5.74) is 0.270.